The molecule has 0 aliphatic heterocycles. The van der Waals surface area contributed by atoms with Crippen LogP contribution in [-0.4, -0.2) is 19.9 Å². The molecule has 0 aliphatic rings. The Morgan fingerprint density at radius 1 is 0.958 bits per heavy atom. The third-order valence-corrected chi connectivity index (χ3v) is 3.76. The van der Waals surface area contributed by atoms with Crippen LogP contribution in [0.15, 0.2) is 65.7 Å². The highest BCUT2D eigenvalue weighted by Gasteiger charge is 2.05. The van der Waals surface area contributed by atoms with E-state index in [1.165, 1.54) is 5.56 Å². The summed E-state index contributed by atoms with van der Waals surface area (Å²) in [6.45, 7) is 0.684. The Hall–Kier alpha value is -3.41. The van der Waals surface area contributed by atoms with Gasteiger partial charge in [-0.15, -0.1) is 0 Å². The third kappa shape index (κ3) is 2.89. The summed E-state index contributed by atoms with van der Waals surface area (Å²) in [7, 11) is 0. The molecule has 0 atom stereocenters. The highest BCUT2D eigenvalue weighted by atomic mass is 16.1. The van der Waals surface area contributed by atoms with E-state index in [1.54, 1.807) is 12.4 Å². The predicted octanol–water partition coefficient (Wildman–Crippen LogP) is 2.93. The van der Waals surface area contributed by atoms with Crippen molar-refractivity contribution >= 4 is 16.9 Å². The summed E-state index contributed by atoms with van der Waals surface area (Å²) < 4.78 is 0. The second-order valence-electron chi connectivity index (χ2n) is 5.47. The van der Waals surface area contributed by atoms with Crippen molar-refractivity contribution in [3.63, 3.8) is 0 Å². The van der Waals surface area contributed by atoms with Crippen LogP contribution in [0, 0.1) is 0 Å². The predicted molar refractivity (Wildman–Crippen MR) is 93.7 cm³/mol. The lowest BCUT2D eigenvalue weighted by molar-refractivity contribution is 1.09. The summed E-state index contributed by atoms with van der Waals surface area (Å²) in [5.41, 5.74) is 4.13. The number of anilines is 1. The lowest BCUT2D eigenvalue weighted by Crippen LogP contribution is -2.02. The number of fused-ring (bicyclic) bond motifs is 1. The standard InChI is InChI=1S/C18H15N5O/c24-18-22-14-7-6-13(8-15(14)23-18)16-10-19-11-17(21-16)20-9-12-4-2-1-3-5-12/h1-8,10-11H,9H2,(H,20,21)(H2,22,23,24). The van der Waals surface area contributed by atoms with Gasteiger partial charge in [-0.05, 0) is 17.7 Å². The Morgan fingerprint density at radius 2 is 1.79 bits per heavy atom. The highest BCUT2D eigenvalue weighted by Crippen LogP contribution is 2.21. The van der Waals surface area contributed by atoms with E-state index < -0.39 is 0 Å². The minimum atomic E-state index is -0.216. The van der Waals surface area contributed by atoms with Crippen LogP contribution in [0.2, 0.25) is 0 Å². The minimum Gasteiger partial charge on any atom is -0.365 e. The zero-order chi connectivity index (χ0) is 16.4. The van der Waals surface area contributed by atoms with E-state index in [2.05, 4.69) is 37.4 Å². The van der Waals surface area contributed by atoms with Crippen molar-refractivity contribution in [3.05, 3.63) is 77.0 Å². The normalized spacial score (nSPS) is 10.8. The van der Waals surface area contributed by atoms with Crippen LogP contribution in [-0.2, 0) is 6.54 Å². The molecule has 118 valence electrons. The molecule has 0 fully saturated rings. The number of hydrogen-bond acceptors (Lipinski definition) is 4. The molecule has 0 unspecified atom stereocenters. The van der Waals surface area contributed by atoms with Gasteiger partial charge in [-0.1, -0.05) is 36.4 Å². The molecule has 6 heteroatoms. The number of rotatable bonds is 4. The van der Waals surface area contributed by atoms with Gasteiger partial charge in [0.05, 0.1) is 29.1 Å². The first kappa shape index (κ1) is 14.2. The summed E-state index contributed by atoms with van der Waals surface area (Å²) >= 11 is 0. The van der Waals surface area contributed by atoms with Crippen LogP contribution in [0.3, 0.4) is 0 Å². The maximum Gasteiger partial charge on any atom is 0.323 e. The molecule has 4 rings (SSSR count). The Balaban J connectivity index is 1.60. The number of nitrogens with zero attached hydrogens (tertiary/aromatic N) is 2. The molecule has 4 aromatic rings. The van der Waals surface area contributed by atoms with Gasteiger partial charge in [0.2, 0.25) is 0 Å². The molecule has 0 amide bonds. The first-order valence-corrected chi connectivity index (χ1v) is 7.60. The van der Waals surface area contributed by atoms with Gasteiger partial charge in [0.1, 0.15) is 5.82 Å². The smallest absolute Gasteiger partial charge is 0.323 e. The Kier molecular flexibility index (Phi) is 3.55. The summed E-state index contributed by atoms with van der Waals surface area (Å²) in [6, 6.07) is 15.8. The Morgan fingerprint density at radius 3 is 2.67 bits per heavy atom. The van der Waals surface area contributed by atoms with E-state index in [9.17, 15) is 4.79 Å². The minimum absolute atomic E-state index is 0.216. The van der Waals surface area contributed by atoms with Crippen LogP contribution >= 0.6 is 0 Å². The molecule has 2 aromatic heterocycles. The molecule has 24 heavy (non-hydrogen) atoms. The van der Waals surface area contributed by atoms with Crippen LogP contribution < -0.4 is 11.0 Å². The average molecular weight is 317 g/mol. The number of hydrogen-bond donors (Lipinski definition) is 3. The molecule has 2 heterocycles. The topological polar surface area (TPSA) is 86.5 Å². The molecular weight excluding hydrogens is 302 g/mol. The van der Waals surface area contributed by atoms with Gasteiger partial charge < -0.3 is 15.3 Å². The first-order valence-electron chi connectivity index (χ1n) is 7.60. The van der Waals surface area contributed by atoms with Gasteiger partial charge in [-0.3, -0.25) is 4.98 Å². The average Bonchev–Trinajstić information content (AvgIpc) is 3.00. The lowest BCUT2D eigenvalue weighted by atomic mass is 10.1. The molecule has 6 nitrogen and oxygen atoms in total. The van der Waals surface area contributed by atoms with Crippen LogP contribution in [0.25, 0.3) is 22.3 Å². The van der Waals surface area contributed by atoms with Crippen molar-refractivity contribution in [3.8, 4) is 11.3 Å². The van der Waals surface area contributed by atoms with Gasteiger partial charge in [-0.25, -0.2) is 9.78 Å². The van der Waals surface area contributed by atoms with Gasteiger partial charge >= 0.3 is 5.69 Å². The number of benzene rings is 2. The zero-order valence-corrected chi connectivity index (χ0v) is 12.8. The summed E-state index contributed by atoms with van der Waals surface area (Å²) in [4.78, 5) is 25.7. The fourth-order valence-corrected chi connectivity index (χ4v) is 2.57. The van der Waals surface area contributed by atoms with Crippen molar-refractivity contribution in [1.29, 1.82) is 0 Å². The fraction of sp³-hybridized carbons (Fsp3) is 0.0556. The lowest BCUT2D eigenvalue weighted by Gasteiger charge is -2.07. The molecule has 0 spiro atoms. The molecule has 0 radical (unpaired) electrons. The second kappa shape index (κ2) is 6.00. The van der Waals surface area contributed by atoms with Crippen LogP contribution in [0.1, 0.15) is 5.56 Å². The molecule has 2 aromatic carbocycles. The van der Waals surface area contributed by atoms with Crippen LogP contribution in [0.5, 0.6) is 0 Å². The summed E-state index contributed by atoms with van der Waals surface area (Å²) in [6.07, 6.45) is 3.41. The number of imidazole rings is 1. The Labute approximate surface area is 137 Å². The van der Waals surface area contributed by atoms with Gasteiger partial charge in [0.25, 0.3) is 0 Å². The number of H-pyrrole nitrogens is 2. The van der Waals surface area contributed by atoms with E-state index in [0.29, 0.717) is 12.4 Å². The van der Waals surface area contributed by atoms with E-state index >= 15 is 0 Å². The van der Waals surface area contributed by atoms with E-state index in [1.807, 2.05) is 36.4 Å². The third-order valence-electron chi connectivity index (χ3n) is 3.76. The molecule has 0 saturated carbocycles. The van der Waals surface area contributed by atoms with Crippen molar-refractivity contribution in [1.82, 2.24) is 19.9 Å². The van der Waals surface area contributed by atoms with Crippen molar-refractivity contribution < 1.29 is 0 Å². The Bertz CT molecular complexity index is 1040. The maximum absolute atomic E-state index is 11.4. The van der Waals surface area contributed by atoms with E-state index in [4.69, 9.17) is 0 Å². The van der Waals surface area contributed by atoms with E-state index in [0.717, 1.165) is 22.3 Å². The monoisotopic (exact) mass is 317 g/mol. The number of aromatic amines is 2. The largest absolute Gasteiger partial charge is 0.365 e. The SMILES string of the molecule is O=c1[nH]c2ccc(-c3cncc(NCc4ccccc4)n3)cc2[nH]1. The molecular formula is C18H15N5O. The molecule has 3 N–H and O–H groups in total. The van der Waals surface area contributed by atoms with Crippen molar-refractivity contribution in [2.75, 3.05) is 5.32 Å². The summed E-state index contributed by atoms with van der Waals surface area (Å²) in [5.74, 6) is 0.707. The van der Waals surface area contributed by atoms with Gasteiger partial charge in [0.15, 0.2) is 0 Å². The zero-order valence-electron chi connectivity index (χ0n) is 12.8. The van der Waals surface area contributed by atoms with Crippen molar-refractivity contribution in [2.24, 2.45) is 0 Å². The van der Waals surface area contributed by atoms with Crippen molar-refractivity contribution in [2.45, 2.75) is 6.54 Å². The number of nitrogens with one attached hydrogen (secondary N) is 3. The first-order chi connectivity index (χ1) is 11.8. The van der Waals surface area contributed by atoms with E-state index in [-0.39, 0.29) is 5.69 Å². The van der Waals surface area contributed by atoms with Gasteiger partial charge in [0, 0.05) is 12.1 Å². The fourth-order valence-electron chi connectivity index (χ4n) is 2.57. The molecule has 0 aliphatic carbocycles. The molecule has 0 bridgehead atoms. The quantitative estimate of drug-likeness (QED) is 0.540. The number of aromatic nitrogens is 4. The summed E-state index contributed by atoms with van der Waals surface area (Å²) in [5, 5.41) is 3.27. The van der Waals surface area contributed by atoms with Crippen LogP contribution in [0.4, 0.5) is 5.82 Å². The highest BCUT2D eigenvalue weighted by molar-refractivity contribution is 5.80. The second-order valence-corrected chi connectivity index (χ2v) is 5.47. The maximum atomic E-state index is 11.4. The molecule has 0 saturated heterocycles. The van der Waals surface area contributed by atoms with Gasteiger partial charge in [-0.2, -0.15) is 0 Å².